The van der Waals surface area contributed by atoms with Crippen LogP contribution in [-0.2, 0) is 10.2 Å². The molecule has 35 heavy (non-hydrogen) atoms. The summed E-state index contributed by atoms with van der Waals surface area (Å²) in [6.45, 7) is 6.37. The van der Waals surface area contributed by atoms with Gasteiger partial charge in [0.25, 0.3) is 5.91 Å². The SMILES string of the molecule is CC(C)(C)c1ccc2c(c1)OC(C(=O)N/N=C/c1cc(N=Nc3cccc(Br)c3)ccc1O)CO2. The zero-order chi connectivity index (χ0) is 25.0. The number of hydrazone groups is 1. The number of aromatic hydroxyl groups is 1. The fourth-order valence-corrected chi connectivity index (χ4v) is 3.65. The largest absolute Gasteiger partial charge is 0.507 e. The lowest BCUT2D eigenvalue weighted by Crippen LogP contribution is -2.42. The molecule has 3 aromatic rings. The third-order valence-corrected chi connectivity index (χ3v) is 5.73. The number of nitrogens with one attached hydrogen (secondary N) is 1. The van der Waals surface area contributed by atoms with Crippen molar-refractivity contribution < 1.29 is 19.4 Å². The Morgan fingerprint density at radius 2 is 1.83 bits per heavy atom. The van der Waals surface area contributed by atoms with Crippen LogP contribution in [0.1, 0.15) is 31.9 Å². The lowest BCUT2D eigenvalue weighted by atomic mass is 9.87. The Balaban J connectivity index is 1.40. The van der Waals surface area contributed by atoms with E-state index in [1.807, 2.05) is 42.5 Å². The van der Waals surface area contributed by atoms with E-state index in [0.717, 1.165) is 10.0 Å². The van der Waals surface area contributed by atoms with Gasteiger partial charge < -0.3 is 14.6 Å². The molecule has 9 heteroatoms. The summed E-state index contributed by atoms with van der Waals surface area (Å²) in [4.78, 5) is 12.6. The summed E-state index contributed by atoms with van der Waals surface area (Å²) in [6, 6.07) is 17.9. The first-order chi connectivity index (χ1) is 16.7. The Morgan fingerprint density at radius 3 is 2.57 bits per heavy atom. The maximum Gasteiger partial charge on any atom is 0.284 e. The maximum atomic E-state index is 12.6. The third-order valence-electron chi connectivity index (χ3n) is 5.24. The zero-order valence-corrected chi connectivity index (χ0v) is 21.1. The van der Waals surface area contributed by atoms with Gasteiger partial charge in [-0.25, -0.2) is 5.43 Å². The number of phenols is 1. The van der Waals surface area contributed by atoms with Crippen LogP contribution in [0.2, 0.25) is 0 Å². The molecule has 0 radical (unpaired) electrons. The van der Waals surface area contributed by atoms with E-state index >= 15 is 0 Å². The van der Waals surface area contributed by atoms with Crippen molar-refractivity contribution in [2.75, 3.05) is 6.61 Å². The summed E-state index contributed by atoms with van der Waals surface area (Å²) >= 11 is 3.39. The van der Waals surface area contributed by atoms with E-state index in [1.54, 1.807) is 12.1 Å². The molecule has 1 aliphatic rings. The first-order valence-electron chi connectivity index (χ1n) is 11.0. The Kier molecular flexibility index (Phi) is 7.16. The summed E-state index contributed by atoms with van der Waals surface area (Å²) in [5.41, 5.74) is 5.03. The molecule has 3 aromatic carbocycles. The molecular weight excluding hydrogens is 512 g/mol. The van der Waals surface area contributed by atoms with Crippen molar-refractivity contribution in [3.63, 3.8) is 0 Å². The van der Waals surface area contributed by atoms with E-state index < -0.39 is 12.0 Å². The standard InChI is InChI=1S/C26H25BrN4O4/c1-26(2,3)17-7-10-22-23(12-17)35-24(15-34-22)25(33)31-28-14-16-11-20(8-9-21(16)32)30-29-19-6-4-5-18(27)13-19/h4-14,24,32H,15H2,1-3H3,(H,31,33)/b28-14+,30-29?. The first-order valence-corrected chi connectivity index (χ1v) is 11.8. The van der Waals surface area contributed by atoms with Crippen molar-refractivity contribution in [2.24, 2.45) is 15.3 Å². The van der Waals surface area contributed by atoms with Crippen molar-refractivity contribution >= 4 is 39.4 Å². The summed E-state index contributed by atoms with van der Waals surface area (Å²) < 4.78 is 12.5. The van der Waals surface area contributed by atoms with E-state index in [9.17, 15) is 9.90 Å². The van der Waals surface area contributed by atoms with Gasteiger partial charge in [0, 0.05) is 10.0 Å². The normalized spacial score (nSPS) is 15.5. The van der Waals surface area contributed by atoms with Crippen molar-refractivity contribution in [3.8, 4) is 17.2 Å². The van der Waals surface area contributed by atoms with Crippen molar-refractivity contribution in [2.45, 2.75) is 32.3 Å². The van der Waals surface area contributed by atoms with Crippen LogP contribution in [-0.4, -0.2) is 29.9 Å². The number of azo groups is 1. The number of benzene rings is 3. The molecule has 1 amide bonds. The van der Waals surface area contributed by atoms with Gasteiger partial charge in [0.05, 0.1) is 17.6 Å². The highest BCUT2D eigenvalue weighted by Gasteiger charge is 2.28. The number of hydrogen-bond donors (Lipinski definition) is 2. The monoisotopic (exact) mass is 536 g/mol. The number of carbonyl (C=O) groups is 1. The second-order valence-corrected chi connectivity index (χ2v) is 9.90. The van der Waals surface area contributed by atoms with Crippen LogP contribution in [0.15, 0.2) is 80.5 Å². The van der Waals surface area contributed by atoms with Gasteiger partial charge in [-0.15, -0.1) is 0 Å². The first kappa shape index (κ1) is 24.4. The summed E-state index contributed by atoms with van der Waals surface area (Å²) in [5, 5.41) is 22.5. The molecule has 1 atom stereocenters. The smallest absolute Gasteiger partial charge is 0.284 e. The quantitative estimate of drug-likeness (QED) is 0.231. The molecule has 1 aliphatic heterocycles. The minimum absolute atomic E-state index is 0.00899. The Bertz CT molecular complexity index is 1300. The third kappa shape index (κ3) is 6.24. The molecular formula is C26H25BrN4O4. The van der Waals surface area contributed by atoms with Crippen molar-refractivity contribution in [1.82, 2.24) is 5.43 Å². The van der Waals surface area contributed by atoms with E-state index in [2.05, 4.69) is 57.5 Å². The lowest BCUT2D eigenvalue weighted by Gasteiger charge is -2.27. The zero-order valence-electron chi connectivity index (χ0n) is 19.5. The van der Waals surface area contributed by atoms with Gasteiger partial charge in [-0.05, 0) is 59.5 Å². The number of rotatable bonds is 5. The number of fused-ring (bicyclic) bond motifs is 1. The average Bonchev–Trinajstić information content (AvgIpc) is 2.83. The van der Waals surface area contributed by atoms with Gasteiger partial charge in [0.1, 0.15) is 12.4 Å². The summed E-state index contributed by atoms with van der Waals surface area (Å²) in [6.07, 6.45) is 0.481. The molecule has 0 saturated carbocycles. The number of halogens is 1. The number of nitrogens with zero attached hydrogens (tertiary/aromatic N) is 3. The van der Waals surface area contributed by atoms with E-state index in [0.29, 0.717) is 28.4 Å². The second-order valence-electron chi connectivity index (χ2n) is 8.99. The van der Waals surface area contributed by atoms with Crippen LogP contribution >= 0.6 is 15.9 Å². The molecule has 0 aliphatic carbocycles. The van der Waals surface area contributed by atoms with E-state index in [1.165, 1.54) is 12.3 Å². The molecule has 1 unspecified atom stereocenters. The Morgan fingerprint density at radius 1 is 1.06 bits per heavy atom. The number of amides is 1. The van der Waals surface area contributed by atoms with Gasteiger partial charge >= 0.3 is 0 Å². The van der Waals surface area contributed by atoms with Crippen molar-refractivity contribution in [1.29, 1.82) is 0 Å². The van der Waals surface area contributed by atoms with Gasteiger partial charge in [-0.2, -0.15) is 15.3 Å². The Labute approximate surface area is 211 Å². The van der Waals surface area contributed by atoms with Crippen LogP contribution in [0.3, 0.4) is 0 Å². The predicted molar refractivity (Wildman–Crippen MR) is 137 cm³/mol. The number of hydrogen-bond acceptors (Lipinski definition) is 7. The van der Waals surface area contributed by atoms with Gasteiger partial charge in [-0.3, -0.25) is 4.79 Å². The second kappa shape index (κ2) is 10.3. The number of phenolic OH excluding ortho intramolecular Hbond substituents is 1. The minimum Gasteiger partial charge on any atom is -0.507 e. The summed E-state index contributed by atoms with van der Waals surface area (Å²) in [7, 11) is 0. The highest BCUT2D eigenvalue weighted by Crippen LogP contribution is 2.36. The fraction of sp³-hybridized carbons (Fsp3) is 0.231. The minimum atomic E-state index is -0.853. The molecule has 0 bridgehead atoms. The van der Waals surface area contributed by atoms with Crippen LogP contribution < -0.4 is 14.9 Å². The highest BCUT2D eigenvalue weighted by atomic mass is 79.9. The van der Waals surface area contributed by atoms with Gasteiger partial charge in [0.15, 0.2) is 11.5 Å². The van der Waals surface area contributed by atoms with Gasteiger partial charge in [-0.1, -0.05) is 48.8 Å². The topological polar surface area (TPSA) is 105 Å². The van der Waals surface area contributed by atoms with Gasteiger partial charge in [0.2, 0.25) is 6.10 Å². The van der Waals surface area contributed by atoms with Crippen LogP contribution in [0, 0.1) is 0 Å². The molecule has 0 fully saturated rings. The number of carbonyl (C=O) groups excluding carboxylic acids is 1. The molecule has 2 N–H and O–H groups in total. The molecule has 1 heterocycles. The van der Waals surface area contributed by atoms with Crippen LogP contribution in [0.25, 0.3) is 0 Å². The molecule has 8 nitrogen and oxygen atoms in total. The van der Waals surface area contributed by atoms with E-state index in [-0.39, 0.29) is 17.8 Å². The number of ether oxygens (including phenoxy) is 2. The molecule has 0 spiro atoms. The molecule has 180 valence electrons. The summed E-state index contributed by atoms with van der Waals surface area (Å²) in [5.74, 6) is 0.654. The molecule has 4 rings (SSSR count). The van der Waals surface area contributed by atoms with Crippen LogP contribution in [0.5, 0.6) is 17.2 Å². The molecule has 0 saturated heterocycles. The fourth-order valence-electron chi connectivity index (χ4n) is 3.27. The average molecular weight is 537 g/mol. The molecule has 0 aromatic heterocycles. The predicted octanol–water partition coefficient (Wildman–Crippen LogP) is 6.16. The Hall–Kier alpha value is -3.72. The lowest BCUT2D eigenvalue weighted by molar-refractivity contribution is -0.130. The van der Waals surface area contributed by atoms with E-state index in [4.69, 9.17) is 9.47 Å². The maximum absolute atomic E-state index is 12.6. The van der Waals surface area contributed by atoms with Crippen LogP contribution in [0.4, 0.5) is 11.4 Å². The highest BCUT2D eigenvalue weighted by molar-refractivity contribution is 9.10. The van der Waals surface area contributed by atoms with Crippen molar-refractivity contribution in [3.05, 3.63) is 76.3 Å².